The van der Waals surface area contributed by atoms with Crippen LogP contribution in [-0.2, 0) is 6.54 Å². The molecule has 0 bridgehead atoms. The maximum absolute atomic E-state index is 12.3. The zero-order valence-corrected chi connectivity index (χ0v) is 14.7. The van der Waals surface area contributed by atoms with Gasteiger partial charge in [-0.05, 0) is 47.9 Å². The number of benzene rings is 2. The van der Waals surface area contributed by atoms with Crippen molar-refractivity contribution in [2.75, 3.05) is 6.54 Å². The molecule has 2 aromatic carbocycles. The first-order chi connectivity index (χ1) is 13.2. The Kier molecular flexibility index (Phi) is 4.72. The summed E-state index contributed by atoms with van der Waals surface area (Å²) < 4.78 is 3.72. The third-order valence-corrected chi connectivity index (χ3v) is 4.46. The largest absolute Gasteiger partial charge is 0.389 e. The predicted octanol–water partition coefficient (Wildman–Crippen LogP) is 2.62. The van der Waals surface area contributed by atoms with Crippen molar-refractivity contribution in [3.63, 3.8) is 0 Å². The van der Waals surface area contributed by atoms with Gasteiger partial charge in [-0.1, -0.05) is 18.2 Å². The van der Waals surface area contributed by atoms with E-state index in [1.165, 1.54) is 5.39 Å². The molecule has 2 heterocycles. The normalized spacial score (nSPS) is 12.2. The number of aromatic nitrogens is 3. The first-order valence-corrected chi connectivity index (χ1v) is 8.81. The van der Waals surface area contributed by atoms with E-state index >= 15 is 0 Å². The van der Waals surface area contributed by atoms with Gasteiger partial charge in [0.25, 0.3) is 5.91 Å². The fourth-order valence-electron chi connectivity index (χ4n) is 3.08. The Morgan fingerprint density at radius 2 is 1.85 bits per heavy atom. The monoisotopic (exact) mass is 360 g/mol. The fourth-order valence-corrected chi connectivity index (χ4v) is 3.08. The van der Waals surface area contributed by atoms with Crippen LogP contribution in [0.15, 0.2) is 79.3 Å². The van der Waals surface area contributed by atoms with Crippen LogP contribution in [0.1, 0.15) is 10.4 Å². The Labute approximate surface area is 156 Å². The van der Waals surface area contributed by atoms with Crippen molar-refractivity contribution in [3.8, 4) is 5.69 Å². The van der Waals surface area contributed by atoms with Gasteiger partial charge in [0.05, 0.1) is 18.2 Å². The first-order valence-electron chi connectivity index (χ1n) is 8.81. The van der Waals surface area contributed by atoms with Crippen LogP contribution in [0, 0.1) is 0 Å². The summed E-state index contributed by atoms with van der Waals surface area (Å²) in [6.45, 7) is 0.510. The lowest BCUT2D eigenvalue weighted by atomic mass is 10.2. The molecule has 0 spiro atoms. The standard InChI is InChI=1S/C21H20N4O2/c26-19(15-24-12-3-11-23-24)14-22-21(27)17-6-8-18(9-7-17)25-13-10-16-4-1-2-5-20(16)25/h1-13,19,26H,14-15H2,(H,22,27). The van der Waals surface area contributed by atoms with Gasteiger partial charge in [-0.2, -0.15) is 5.10 Å². The lowest BCUT2D eigenvalue weighted by Crippen LogP contribution is -2.34. The highest BCUT2D eigenvalue weighted by Crippen LogP contribution is 2.20. The number of para-hydroxylation sites is 1. The number of aliphatic hydroxyl groups is 1. The Bertz CT molecular complexity index is 1040. The molecule has 6 nitrogen and oxygen atoms in total. The highest BCUT2D eigenvalue weighted by molar-refractivity contribution is 5.94. The summed E-state index contributed by atoms with van der Waals surface area (Å²) in [6.07, 6.45) is 4.75. The van der Waals surface area contributed by atoms with Gasteiger partial charge in [0, 0.05) is 36.4 Å². The minimum Gasteiger partial charge on any atom is -0.389 e. The highest BCUT2D eigenvalue weighted by Gasteiger charge is 2.10. The van der Waals surface area contributed by atoms with Crippen molar-refractivity contribution in [2.24, 2.45) is 0 Å². The van der Waals surface area contributed by atoms with Crippen LogP contribution >= 0.6 is 0 Å². The molecular weight excluding hydrogens is 340 g/mol. The van der Waals surface area contributed by atoms with Crippen molar-refractivity contribution in [1.82, 2.24) is 19.7 Å². The number of hydrogen-bond donors (Lipinski definition) is 2. The number of hydrogen-bond acceptors (Lipinski definition) is 3. The zero-order valence-electron chi connectivity index (χ0n) is 14.7. The van der Waals surface area contributed by atoms with E-state index in [9.17, 15) is 9.90 Å². The summed E-state index contributed by atoms with van der Waals surface area (Å²) in [5.74, 6) is -0.210. The van der Waals surface area contributed by atoms with Crippen molar-refractivity contribution >= 4 is 16.8 Å². The number of carbonyl (C=O) groups is 1. The number of aliphatic hydroxyl groups excluding tert-OH is 1. The second-order valence-electron chi connectivity index (χ2n) is 6.38. The van der Waals surface area contributed by atoms with E-state index in [-0.39, 0.29) is 12.5 Å². The van der Waals surface area contributed by atoms with Crippen LogP contribution in [0.25, 0.3) is 16.6 Å². The topological polar surface area (TPSA) is 72.1 Å². The van der Waals surface area contributed by atoms with Crippen molar-refractivity contribution in [3.05, 3.63) is 84.8 Å². The summed E-state index contributed by atoms with van der Waals surface area (Å²) in [5.41, 5.74) is 2.67. The Balaban J connectivity index is 1.40. The van der Waals surface area contributed by atoms with E-state index in [0.29, 0.717) is 12.1 Å². The fraction of sp³-hybridized carbons (Fsp3) is 0.143. The molecule has 0 fully saturated rings. The lowest BCUT2D eigenvalue weighted by Gasteiger charge is -2.12. The molecule has 0 radical (unpaired) electrons. The maximum Gasteiger partial charge on any atom is 0.251 e. The molecule has 0 saturated heterocycles. The summed E-state index contributed by atoms with van der Waals surface area (Å²) in [4.78, 5) is 12.3. The van der Waals surface area contributed by atoms with Crippen molar-refractivity contribution < 1.29 is 9.90 Å². The van der Waals surface area contributed by atoms with Gasteiger partial charge in [0.1, 0.15) is 0 Å². The van der Waals surface area contributed by atoms with Gasteiger partial charge in [-0.25, -0.2) is 0 Å². The zero-order chi connectivity index (χ0) is 18.6. The molecular formula is C21H20N4O2. The molecule has 4 aromatic rings. The summed E-state index contributed by atoms with van der Waals surface area (Å²) >= 11 is 0. The van der Waals surface area contributed by atoms with E-state index in [1.807, 2.05) is 30.5 Å². The number of fused-ring (bicyclic) bond motifs is 1. The molecule has 0 aliphatic carbocycles. The molecule has 1 unspecified atom stereocenters. The number of nitrogens with zero attached hydrogens (tertiary/aromatic N) is 3. The average molecular weight is 360 g/mol. The number of carbonyl (C=O) groups excluding carboxylic acids is 1. The molecule has 27 heavy (non-hydrogen) atoms. The third-order valence-electron chi connectivity index (χ3n) is 4.46. The van der Waals surface area contributed by atoms with Crippen LogP contribution in [0.3, 0.4) is 0 Å². The summed E-state index contributed by atoms with van der Waals surface area (Å²) in [5, 5.41) is 18.0. The molecule has 0 aliphatic rings. The lowest BCUT2D eigenvalue weighted by molar-refractivity contribution is 0.0900. The molecule has 0 saturated carbocycles. The molecule has 2 aromatic heterocycles. The molecule has 1 atom stereocenters. The Morgan fingerprint density at radius 1 is 1.04 bits per heavy atom. The minimum absolute atomic E-state index is 0.169. The third kappa shape index (κ3) is 3.75. The van der Waals surface area contributed by atoms with Gasteiger partial charge >= 0.3 is 0 Å². The molecule has 1 amide bonds. The molecule has 136 valence electrons. The van der Waals surface area contributed by atoms with Crippen molar-refractivity contribution in [1.29, 1.82) is 0 Å². The van der Waals surface area contributed by atoms with E-state index in [1.54, 1.807) is 35.3 Å². The number of nitrogens with one attached hydrogen (secondary N) is 1. The molecule has 0 aliphatic heterocycles. The van der Waals surface area contributed by atoms with Gasteiger partial charge in [-0.15, -0.1) is 0 Å². The number of amides is 1. The molecule has 4 rings (SSSR count). The van der Waals surface area contributed by atoms with Gasteiger partial charge in [0.2, 0.25) is 0 Å². The smallest absolute Gasteiger partial charge is 0.251 e. The molecule has 6 heteroatoms. The summed E-state index contributed by atoms with van der Waals surface area (Å²) in [6, 6.07) is 19.4. The maximum atomic E-state index is 12.3. The van der Waals surface area contributed by atoms with E-state index in [0.717, 1.165) is 11.2 Å². The second-order valence-corrected chi connectivity index (χ2v) is 6.38. The second kappa shape index (κ2) is 7.47. The van der Waals surface area contributed by atoms with E-state index in [4.69, 9.17) is 0 Å². The average Bonchev–Trinajstić information content (AvgIpc) is 3.36. The Hall–Kier alpha value is -3.38. The van der Waals surface area contributed by atoms with Gasteiger partial charge in [0.15, 0.2) is 0 Å². The van der Waals surface area contributed by atoms with Crippen molar-refractivity contribution in [2.45, 2.75) is 12.6 Å². The van der Waals surface area contributed by atoms with Crippen LogP contribution in [0.4, 0.5) is 0 Å². The van der Waals surface area contributed by atoms with Crippen LogP contribution < -0.4 is 5.32 Å². The quantitative estimate of drug-likeness (QED) is 0.555. The Morgan fingerprint density at radius 3 is 2.63 bits per heavy atom. The highest BCUT2D eigenvalue weighted by atomic mass is 16.3. The van der Waals surface area contributed by atoms with E-state index < -0.39 is 6.10 Å². The summed E-state index contributed by atoms with van der Waals surface area (Å²) in [7, 11) is 0. The first kappa shape index (κ1) is 17.1. The predicted molar refractivity (Wildman–Crippen MR) is 104 cm³/mol. The minimum atomic E-state index is -0.695. The molecule has 2 N–H and O–H groups in total. The van der Waals surface area contributed by atoms with E-state index in [2.05, 4.69) is 33.2 Å². The van der Waals surface area contributed by atoms with Gasteiger partial charge < -0.3 is 15.0 Å². The van der Waals surface area contributed by atoms with Crippen LogP contribution in [-0.4, -0.2) is 38.0 Å². The number of rotatable bonds is 6. The van der Waals surface area contributed by atoms with Crippen LogP contribution in [0.5, 0.6) is 0 Å². The van der Waals surface area contributed by atoms with Gasteiger partial charge in [-0.3, -0.25) is 9.48 Å². The SMILES string of the molecule is O=C(NCC(O)Cn1cccn1)c1ccc(-n2ccc3ccccc32)cc1. The van der Waals surface area contributed by atoms with Crippen LogP contribution in [0.2, 0.25) is 0 Å².